The molecule has 0 aliphatic rings. The molecule has 19 heavy (non-hydrogen) atoms. The number of amidine groups is 1. The fourth-order valence-electron chi connectivity index (χ4n) is 2.03. The molecule has 3 aromatic rings. The van der Waals surface area contributed by atoms with Crippen molar-refractivity contribution in [1.29, 1.82) is 5.41 Å². The van der Waals surface area contributed by atoms with Crippen LogP contribution in [0.25, 0.3) is 22.4 Å². The first-order valence-corrected chi connectivity index (χ1v) is 6.10. The van der Waals surface area contributed by atoms with Crippen LogP contribution in [-0.4, -0.2) is 15.8 Å². The van der Waals surface area contributed by atoms with Crippen LogP contribution in [0.4, 0.5) is 5.69 Å². The number of nitrogens with one attached hydrogen (secondary N) is 3. The highest BCUT2D eigenvalue weighted by Gasteiger charge is 2.05. The molecule has 0 aliphatic carbocycles. The van der Waals surface area contributed by atoms with Crippen molar-refractivity contribution in [2.24, 2.45) is 0 Å². The topological polar surface area (TPSA) is 64.6 Å². The Balaban J connectivity index is 2.04. The van der Waals surface area contributed by atoms with Crippen molar-refractivity contribution in [3.8, 4) is 11.4 Å². The van der Waals surface area contributed by atoms with Gasteiger partial charge in [0.15, 0.2) is 0 Å². The molecule has 3 N–H and O–H groups in total. The average molecular weight is 250 g/mol. The normalized spacial score (nSPS) is 10.6. The highest BCUT2D eigenvalue weighted by Crippen LogP contribution is 2.22. The van der Waals surface area contributed by atoms with Crippen molar-refractivity contribution in [3.63, 3.8) is 0 Å². The third-order valence-corrected chi connectivity index (χ3v) is 2.86. The molecule has 0 saturated heterocycles. The van der Waals surface area contributed by atoms with Crippen molar-refractivity contribution in [1.82, 2.24) is 9.97 Å². The second-order valence-electron chi connectivity index (χ2n) is 4.43. The Labute approximate surface area is 111 Å². The first kappa shape index (κ1) is 11.5. The molecule has 0 bridgehead atoms. The molecule has 3 rings (SSSR count). The monoisotopic (exact) mass is 250 g/mol. The molecule has 0 aliphatic heterocycles. The zero-order valence-electron chi connectivity index (χ0n) is 10.6. The fourth-order valence-corrected chi connectivity index (χ4v) is 2.03. The number of aromatic nitrogens is 2. The summed E-state index contributed by atoms with van der Waals surface area (Å²) in [5.74, 6) is 1.28. The first-order valence-electron chi connectivity index (χ1n) is 6.10. The Kier molecular flexibility index (Phi) is 2.76. The van der Waals surface area contributed by atoms with Crippen LogP contribution in [0.5, 0.6) is 0 Å². The minimum atomic E-state index is 0.415. The summed E-state index contributed by atoms with van der Waals surface area (Å²) in [5.41, 5.74) is 3.83. The van der Waals surface area contributed by atoms with Crippen LogP contribution in [0.1, 0.15) is 6.92 Å². The van der Waals surface area contributed by atoms with E-state index in [9.17, 15) is 0 Å². The van der Waals surface area contributed by atoms with Crippen LogP contribution < -0.4 is 5.32 Å². The van der Waals surface area contributed by atoms with Crippen LogP contribution in [0, 0.1) is 5.41 Å². The van der Waals surface area contributed by atoms with Crippen LogP contribution in [0.15, 0.2) is 48.5 Å². The van der Waals surface area contributed by atoms with Crippen molar-refractivity contribution in [3.05, 3.63) is 48.5 Å². The predicted octanol–water partition coefficient (Wildman–Crippen LogP) is 3.64. The van der Waals surface area contributed by atoms with Gasteiger partial charge in [-0.05, 0) is 25.1 Å². The number of imidazole rings is 1. The number of benzene rings is 2. The molecule has 0 unspecified atom stereocenters. The Bertz CT molecular complexity index is 728. The molecule has 2 aromatic carbocycles. The van der Waals surface area contributed by atoms with E-state index in [2.05, 4.69) is 15.3 Å². The molecular formula is C15H14N4. The second kappa shape index (κ2) is 4.57. The van der Waals surface area contributed by atoms with Crippen LogP contribution >= 0.6 is 0 Å². The molecule has 0 spiro atoms. The van der Waals surface area contributed by atoms with Gasteiger partial charge in [-0.25, -0.2) is 4.98 Å². The summed E-state index contributed by atoms with van der Waals surface area (Å²) >= 11 is 0. The largest absolute Gasteiger partial charge is 0.344 e. The Hall–Kier alpha value is -2.62. The number of fused-ring (bicyclic) bond motifs is 1. The molecule has 4 nitrogen and oxygen atoms in total. The maximum absolute atomic E-state index is 7.44. The van der Waals surface area contributed by atoms with E-state index in [0.29, 0.717) is 5.84 Å². The second-order valence-corrected chi connectivity index (χ2v) is 4.43. The summed E-state index contributed by atoms with van der Waals surface area (Å²) < 4.78 is 0. The summed E-state index contributed by atoms with van der Waals surface area (Å²) in [7, 11) is 0. The Morgan fingerprint density at radius 1 is 1.16 bits per heavy atom. The lowest BCUT2D eigenvalue weighted by Crippen LogP contribution is -2.04. The lowest BCUT2D eigenvalue weighted by atomic mass is 10.2. The molecule has 0 radical (unpaired) electrons. The van der Waals surface area contributed by atoms with Crippen LogP contribution in [0.3, 0.4) is 0 Å². The minimum absolute atomic E-state index is 0.415. The maximum Gasteiger partial charge on any atom is 0.138 e. The van der Waals surface area contributed by atoms with Gasteiger partial charge in [-0.15, -0.1) is 0 Å². The lowest BCUT2D eigenvalue weighted by molar-refractivity contribution is 1.34. The molecule has 1 heterocycles. The maximum atomic E-state index is 7.44. The van der Waals surface area contributed by atoms with Crippen LogP contribution in [-0.2, 0) is 0 Å². The van der Waals surface area contributed by atoms with Crippen molar-refractivity contribution >= 4 is 22.6 Å². The molecular weight excluding hydrogens is 236 g/mol. The van der Waals surface area contributed by atoms with E-state index >= 15 is 0 Å². The standard InChI is InChI=1S/C15H14N4/c1-10(16)17-12-7-8-13-14(9-12)19-15(18-13)11-5-3-2-4-6-11/h2-9H,1H3,(H2,16,17)(H,18,19). The number of hydrogen-bond acceptors (Lipinski definition) is 2. The average Bonchev–Trinajstić information content (AvgIpc) is 2.82. The van der Waals surface area contributed by atoms with Gasteiger partial charge in [-0.2, -0.15) is 0 Å². The molecule has 94 valence electrons. The van der Waals surface area contributed by atoms with Crippen molar-refractivity contribution in [2.45, 2.75) is 6.92 Å². The SMILES string of the molecule is CC(=N)Nc1ccc2[nH]c(-c3ccccc3)nc2c1. The van der Waals surface area contributed by atoms with Gasteiger partial charge < -0.3 is 10.3 Å². The zero-order valence-corrected chi connectivity index (χ0v) is 10.6. The molecule has 0 atom stereocenters. The van der Waals surface area contributed by atoms with Gasteiger partial charge in [0.25, 0.3) is 0 Å². The molecule has 0 fully saturated rings. The Morgan fingerprint density at radius 2 is 1.95 bits per heavy atom. The molecule has 0 saturated carbocycles. The van der Waals surface area contributed by atoms with Gasteiger partial charge in [0, 0.05) is 11.3 Å². The molecule has 4 heteroatoms. The number of nitrogens with zero attached hydrogens (tertiary/aromatic N) is 1. The van der Waals surface area contributed by atoms with Crippen LogP contribution in [0.2, 0.25) is 0 Å². The van der Waals surface area contributed by atoms with E-state index in [-0.39, 0.29) is 0 Å². The molecule has 1 aromatic heterocycles. The highest BCUT2D eigenvalue weighted by molar-refractivity contribution is 5.93. The number of anilines is 1. The lowest BCUT2D eigenvalue weighted by Gasteiger charge is -2.02. The predicted molar refractivity (Wildman–Crippen MR) is 78.6 cm³/mol. The summed E-state index contributed by atoms with van der Waals surface area (Å²) in [4.78, 5) is 7.88. The van der Waals surface area contributed by atoms with Gasteiger partial charge in [-0.1, -0.05) is 30.3 Å². The van der Waals surface area contributed by atoms with E-state index in [0.717, 1.165) is 28.1 Å². The number of rotatable bonds is 2. The smallest absolute Gasteiger partial charge is 0.138 e. The van der Waals surface area contributed by atoms with E-state index in [1.807, 2.05) is 48.5 Å². The van der Waals surface area contributed by atoms with Gasteiger partial charge in [-0.3, -0.25) is 5.41 Å². The van der Waals surface area contributed by atoms with E-state index < -0.39 is 0 Å². The fraction of sp³-hybridized carbons (Fsp3) is 0.0667. The van der Waals surface area contributed by atoms with Gasteiger partial charge in [0.1, 0.15) is 5.82 Å². The van der Waals surface area contributed by atoms with E-state index in [4.69, 9.17) is 5.41 Å². The zero-order chi connectivity index (χ0) is 13.2. The number of H-pyrrole nitrogens is 1. The minimum Gasteiger partial charge on any atom is -0.344 e. The quantitative estimate of drug-likeness (QED) is 0.480. The van der Waals surface area contributed by atoms with Crippen molar-refractivity contribution in [2.75, 3.05) is 5.32 Å². The van der Waals surface area contributed by atoms with Crippen molar-refractivity contribution < 1.29 is 0 Å². The highest BCUT2D eigenvalue weighted by atomic mass is 14.9. The first-order chi connectivity index (χ1) is 9.22. The van der Waals surface area contributed by atoms with Gasteiger partial charge >= 0.3 is 0 Å². The third-order valence-electron chi connectivity index (χ3n) is 2.86. The summed E-state index contributed by atoms with van der Waals surface area (Å²) in [6.45, 7) is 1.71. The van der Waals surface area contributed by atoms with E-state index in [1.165, 1.54) is 0 Å². The molecule has 0 amide bonds. The van der Waals surface area contributed by atoms with Gasteiger partial charge in [0.2, 0.25) is 0 Å². The summed E-state index contributed by atoms with van der Waals surface area (Å²) in [5, 5.41) is 10.4. The number of aromatic amines is 1. The summed E-state index contributed by atoms with van der Waals surface area (Å²) in [6.07, 6.45) is 0. The third kappa shape index (κ3) is 2.33. The summed E-state index contributed by atoms with van der Waals surface area (Å²) in [6, 6.07) is 15.9. The number of hydrogen-bond donors (Lipinski definition) is 3. The van der Waals surface area contributed by atoms with Gasteiger partial charge in [0.05, 0.1) is 16.9 Å². The Morgan fingerprint density at radius 3 is 2.68 bits per heavy atom. The van der Waals surface area contributed by atoms with E-state index in [1.54, 1.807) is 6.92 Å².